The third-order valence-electron chi connectivity index (χ3n) is 2.56. The van der Waals surface area contributed by atoms with Gasteiger partial charge in [-0.3, -0.25) is 0 Å². The molecular weight excluding hydrogens is 331 g/mol. The lowest BCUT2D eigenvalue weighted by atomic mass is 10.00. The molecule has 0 saturated heterocycles. The van der Waals surface area contributed by atoms with E-state index in [1.54, 1.807) is 0 Å². The van der Waals surface area contributed by atoms with E-state index in [0.717, 1.165) is 14.5 Å². The number of rotatable bonds is 3. The molecule has 2 aromatic rings. The molecule has 0 aliphatic heterocycles. The van der Waals surface area contributed by atoms with E-state index in [9.17, 15) is 4.79 Å². The van der Waals surface area contributed by atoms with Gasteiger partial charge >= 0.3 is 5.97 Å². The van der Waals surface area contributed by atoms with Crippen LogP contribution in [-0.4, -0.2) is 11.1 Å². The summed E-state index contributed by atoms with van der Waals surface area (Å²) in [7, 11) is 0. The highest BCUT2D eigenvalue weighted by molar-refractivity contribution is 14.1. The molecule has 0 amide bonds. The van der Waals surface area contributed by atoms with Gasteiger partial charge < -0.3 is 9.52 Å². The Balaban J connectivity index is 2.68. The van der Waals surface area contributed by atoms with Crippen LogP contribution in [0.5, 0.6) is 0 Å². The van der Waals surface area contributed by atoms with Crippen molar-refractivity contribution >= 4 is 39.5 Å². The molecule has 1 aromatic heterocycles. The molecule has 4 heteroatoms. The van der Waals surface area contributed by atoms with Crippen molar-refractivity contribution in [1.29, 1.82) is 0 Å². The Kier molecular flexibility index (Phi) is 3.42. The van der Waals surface area contributed by atoms with Gasteiger partial charge in [0.25, 0.3) is 0 Å². The summed E-state index contributed by atoms with van der Waals surface area (Å²) in [4.78, 5) is 11.2. The SMILES string of the molecule is CC(C)Cc1c(C(=O)O)oc2ccc(I)cc12. The first-order valence-electron chi connectivity index (χ1n) is 5.43. The lowest BCUT2D eigenvalue weighted by Gasteiger charge is -2.03. The summed E-state index contributed by atoms with van der Waals surface area (Å²) in [5, 5.41) is 10.1. The summed E-state index contributed by atoms with van der Waals surface area (Å²) < 4.78 is 6.49. The zero-order valence-electron chi connectivity index (χ0n) is 9.66. The fourth-order valence-electron chi connectivity index (χ4n) is 1.90. The van der Waals surface area contributed by atoms with Crippen LogP contribution in [0.4, 0.5) is 0 Å². The molecule has 0 saturated carbocycles. The third kappa shape index (κ3) is 2.46. The number of hydrogen-bond donors (Lipinski definition) is 1. The lowest BCUT2D eigenvalue weighted by Crippen LogP contribution is -2.02. The minimum absolute atomic E-state index is 0.0794. The smallest absolute Gasteiger partial charge is 0.372 e. The van der Waals surface area contributed by atoms with E-state index in [1.807, 2.05) is 18.2 Å². The number of carboxylic acid groups (broad SMARTS) is 1. The summed E-state index contributed by atoms with van der Waals surface area (Å²) in [5.41, 5.74) is 1.46. The Labute approximate surface area is 113 Å². The fraction of sp³-hybridized carbons (Fsp3) is 0.308. The normalized spacial score (nSPS) is 11.3. The van der Waals surface area contributed by atoms with Gasteiger partial charge in [0.05, 0.1) is 0 Å². The van der Waals surface area contributed by atoms with Crippen molar-refractivity contribution in [2.24, 2.45) is 5.92 Å². The highest BCUT2D eigenvalue weighted by Gasteiger charge is 2.20. The number of carbonyl (C=O) groups is 1. The number of hydrogen-bond acceptors (Lipinski definition) is 2. The molecule has 90 valence electrons. The van der Waals surface area contributed by atoms with Crippen LogP contribution < -0.4 is 0 Å². The molecule has 0 bridgehead atoms. The second-order valence-corrected chi connectivity index (χ2v) is 5.70. The van der Waals surface area contributed by atoms with Crippen molar-refractivity contribution in [2.45, 2.75) is 20.3 Å². The molecule has 17 heavy (non-hydrogen) atoms. The lowest BCUT2D eigenvalue weighted by molar-refractivity contribution is 0.0663. The first-order valence-corrected chi connectivity index (χ1v) is 6.51. The standard InChI is InChI=1S/C13H13IO3/c1-7(2)5-10-9-6-8(14)3-4-11(9)17-12(10)13(15)16/h3-4,6-7H,5H2,1-2H3,(H,15,16). The maximum Gasteiger partial charge on any atom is 0.372 e. The van der Waals surface area contributed by atoms with Crippen LogP contribution in [-0.2, 0) is 6.42 Å². The average molecular weight is 344 g/mol. The van der Waals surface area contributed by atoms with Crippen LogP contribution in [0.15, 0.2) is 22.6 Å². The fourth-order valence-corrected chi connectivity index (χ4v) is 2.40. The Bertz CT molecular complexity index is 569. The number of aromatic carboxylic acids is 1. The molecule has 1 N–H and O–H groups in total. The van der Waals surface area contributed by atoms with Crippen LogP contribution in [0, 0.1) is 9.49 Å². The molecule has 0 fully saturated rings. The maximum atomic E-state index is 11.2. The highest BCUT2D eigenvalue weighted by atomic mass is 127. The Hall–Kier alpha value is -1.04. The Morgan fingerprint density at radius 2 is 2.18 bits per heavy atom. The monoisotopic (exact) mass is 344 g/mol. The predicted molar refractivity (Wildman–Crippen MR) is 74.4 cm³/mol. The van der Waals surface area contributed by atoms with Crippen molar-refractivity contribution in [3.63, 3.8) is 0 Å². The zero-order chi connectivity index (χ0) is 12.6. The first-order chi connectivity index (χ1) is 7.99. The van der Waals surface area contributed by atoms with Crippen LogP contribution in [0.1, 0.15) is 30.0 Å². The number of furan rings is 1. The van der Waals surface area contributed by atoms with Crippen LogP contribution >= 0.6 is 22.6 Å². The van der Waals surface area contributed by atoms with Gasteiger partial charge in [-0.05, 0) is 53.1 Å². The third-order valence-corrected chi connectivity index (χ3v) is 3.23. The van der Waals surface area contributed by atoms with Gasteiger partial charge in [-0.25, -0.2) is 4.79 Å². The van der Waals surface area contributed by atoms with E-state index in [1.165, 1.54) is 0 Å². The van der Waals surface area contributed by atoms with Crippen molar-refractivity contribution in [3.8, 4) is 0 Å². The minimum atomic E-state index is -0.994. The predicted octanol–water partition coefficient (Wildman–Crippen LogP) is 3.93. The number of carboxylic acids is 1. The Morgan fingerprint density at radius 3 is 2.76 bits per heavy atom. The van der Waals surface area contributed by atoms with E-state index < -0.39 is 5.97 Å². The summed E-state index contributed by atoms with van der Waals surface area (Å²) >= 11 is 2.22. The topological polar surface area (TPSA) is 50.4 Å². The first kappa shape index (κ1) is 12.4. The van der Waals surface area contributed by atoms with Crippen molar-refractivity contribution in [2.75, 3.05) is 0 Å². The van der Waals surface area contributed by atoms with Gasteiger partial charge in [0, 0.05) is 14.5 Å². The second-order valence-electron chi connectivity index (χ2n) is 4.45. The molecule has 0 atom stereocenters. The molecular formula is C13H13IO3. The van der Waals surface area contributed by atoms with Crippen LogP contribution in [0.2, 0.25) is 0 Å². The zero-order valence-corrected chi connectivity index (χ0v) is 11.8. The van der Waals surface area contributed by atoms with Crippen molar-refractivity contribution < 1.29 is 14.3 Å². The molecule has 1 aromatic carbocycles. The number of fused-ring (bicyclic) bond motifs is 1. The summed E-state index contributed by atoms with van der Waals surface area (Å²) in [6, 6.07) is 5.72. The van der Waals surface area contributed by atoms with E-state index in [-0.39, 0.29) is 5.76 Å². The molecule has 0 radical (unpaired) electrons. The summed E-state index contributed by atoms with van der Waals surface area (Å²) in [6.07, 6.45) is 0.717. The van der Waals surface area contributed by atoms with Crippen LogP contribution in [0.25, 0.3) is 11.0 Å². The maximum absolute atomic E-state index is 11.2. The van der Waals surface area contributed by atoms with Crippen molar-refractivity contribution in [1.82, 2.24) is 0 Å². The minimum Gasteiger partial charge on any atom is -0.475 e. The average Bonchev–Trinajstić information content (AvgIpc) is 2.56. The highest BCUT2D eigenvalue weighted by Crippen LogP contribution is 2.29. The summed E-state index contributed by atoms with van der Waals surface area (Å²) in [5.74, 6) is -0.519. The molecule has 0 unspecified atom stereocenters. The quantitative estimate of drug-likeness (QED) is 0.859. The molecule has 1 heterocycles. The largest absolute Gasteiger partial charge is 0.475 e. The number of benzene rings is 1. The van der Waals surface area contributed by atoms with Gasteiger partial charge in [-0.2, -0.15) is 0 Å². The van der Waals surface area contributed by atoms with Gasteiger partial charge in [0.1, 0.15) is 5.58 Å². The molecule has 2 rings (SSSR count). The van der Waals surface area contributed by atoms with E-state index >= 15 is 0 Å². The van der Waals surface area contributed by atoms with Crippen LogP contribution in [0.3, 0.4) is 0 Å². The Morgan fingerprint density at radius 1 is 1.47 bits per heavy atom. The van der Waals surface area contributed by atoms with Gasteiger partial charge in [0.15, 0.2) is 0 Å². The van der Waals surface area contributed by atoms with Crippen molar-refractivity contribution in [3.05, 3.63) is 33.1 Å². The molecule has 0 aliphatic rings. The molecule has 0 aliphatic carbocycles. The van der Waals surface area contributed by atoms with Gasteiger partial charge in [-0.1, -0.05) is 13.8 Å². The van der Waals surface area contributed by atoms with E-state index in [0.29, 0.717) is 17.9 Å². The number of halogens is 1. The van der Waals surface area contributed by atoms with Gasteiger partial charge in [0.2, 0.25) is 5.76 Å². The van der Waals surface area contributed by atoms with Gasteiger partial charge in [-0.15, -0.1) is 0 Å². The molecule has 0 spiro atoms. The van der Waals surface area contributed by atoms with E-state index in [2.05, 4.69) is 36.4 Å². The second kappa shape index (κ2) is 4.68. The molecule has 3 nitrogen and oxygen atoms in total. The van der Waals surface area contributed by atoms with E-state index in [4.69, 9.17) is 9.52 Å². The summed E-state index contributed by atoms with van der Waals surface area (Å²) in [6.45, 7) is 4.14.